The minimum atomic E-state index is -0.548. The highest BCUT2D eigenvalue weighted by Crippen LogP contribution is 2.45. The third kappa shape index (κ3) is 5.18. The quantitative estimate of drug-likeness (QED) is 0.613. The van der Waals surface area contributed by atoms with Gasteiger partial charge in [0.1, 0.15) is 30.6 Å². The number of oxime groups is 1. The molecular formula is C26H35N5O4. The molecule has 9 heteroatoms. The predicted molar refractivity (Wildman–Crippen MR) is 134 cm³/mol. The van der Waals surface area contributed by atoms with E-state index < -0.39 is 11.0 Å². The molecule has 4 rings (SSSR count). The van der Waals surface area contributed by atoms with E-state index in [1.54, 1.807) is 0 Å². The summed E-state index contributed by atoms with van der Waals surface area (Å²) in [6, 6.07) is 6.04. The number of ether oxygens (including phenoxy) is 2. The van der Waals surface area contributed by atoms with E-state index in [-0.39, 0.29) is 18.2 Å². The van der Waals surface area contributed by atoms with Crippen molar-refractivity contribution in [1.29, 1.82) is 0 Å². The van der Waals surface area contributed by atoms with Crippen LogP contribution in [0.4, 0.5) is 10.6 Å². The van der Waals surface area contributed by atoms with Gasteiger partial charge in [-0.15, -0.1) is 0 Å². The van der Waals surface area contributed by atoms with E-state index in [1.165, 1.54) is 13.4 Å². The number of carbonyl (C=O) groups is 1. The number of benzene rings is 1. The van der Waals surface area contributed by atoms with Crippen molar-refractivity contribution >= 4 is 17.6 Å². The topological polar surface area (TPSA) is 121 Å². The lowest BCUT2D eigenvalue weighted by atomic mass is 9.70. The minimum Gasteiger partial charge on any atom is -0.490 e. The molecule has 1 heterocycles. The Balaban J connectivity index is 1.50. The molecule has 2 aromatic rings. The third-order valence-electron chi connectivity index (χ3n) is 6.48. The Bertz CT molecular complexity index is 1130. The van der Waals surface area contributed by atoms with Gasteiger partial charge in [0.2, 0.25) is 0 Å². The summed E-state index contributed by atoms with van der Waals surface area (Å²) in [5.41, 5.74) is 9.41. The van der Waals surface area contributed by atoms with Crippen molar-refractivity contribution in [2.24, 2.45) is 5.16 Å². The molecule has 3 N–H and O–H groups in total. The summed E-state index contributed by atoms with van der Waals surface area (Å²) in [6.45, 7) is 9.67. The number of nitrogens with zero attached hydrogens (tertiary/aromatic N) is 3. The number of anilines is 1. The summed E-state index contributed by atoms with van der Waals surface area (Å²) in [6.07, 6.45) is 4.54. The standard InChI is InChI=1S/C26H35N5O4/c1-25(2,3)35-24(32)30-15-7-9-16(10-8-15)34-17-11-12-18-19(13-17)22(31-33-6)26(4,5)20-21(18)28-14-29-23(20)27/h11-16H,7-10H2,1-6H3,(H,30,32)(H2,27,28,29)/b31-22+. The van der Waals surface area contributed by atoms with Gasteiger partial charge < -0.3 is 25.4 Å². The highest BCUT2D eigenvalue weighted by molar-refractivity contribution is 6.15. The van der Waals surface area contributed by atoms with Crippen LogP contribution < -0.4 is 15.8 Å². The molecule has 1 saturated carbocycles. The Kier molecular flexibility index (Phi) is 6.62. The molecule has 1 aromatic carbocycles. The summed E-state index contributed by atoms with van der Waals surface area (Å²) in [4.78, 5) is 26.0. The highest BCUT2D eigenvalue weighted by Gasteiger charge is 2.41. The lowest BCUT2D eigenvalue weighted by Crippen LogP contribution is -2.42. The van der Waals surface area contributed by atoms with E-state index in [1.807, 2.05) is 52.8 Å². The van der Waals surface area contributed by atoms with Crippen LogP contribution in [-0.2, 0) is 15.0 Å². The smallest absolute Gasteiger partial charge is 0.407 e. The van der Waals surface area contributed by atoms with Crippen LogP contribution in [0, 0.1) is 0 Å². The average Bonchev–Trinajstić information content (AvgIpc) is 2.76. The molecule has 0 spiro atoms. The van der Waals surface area contributed by atoms with Crippen molar-refractivity contribution in [3.63, 3.8) is 0 Å². The van der Waals surface area contributed by atoms with E-state index in [2.05, 4.69) is 20.4 Å². The van der Waals surface area contributed by atoms with Gasteiger partial charge in [0, 0.05) is 28.1 Å². The SMILES string of the molecule is CO/N=C1\c2cc(OC3CCC(NC(=O)OC(C)(C)C)CC3)ccc2-c2ncnc(N)c2C1(C)C. The average molecular weight is 482 g/mol. The zero-order valence-electron chi connectivity index (χ0n) is 21.3. The first kappa shape index (κ1) is 24.8. The van der Waals surface area contributed by atoms with E-state index in [4.69, 9.17) is 20.0 Å². The molecule has 0 radical (unpaired) electrons. The second-order valence-corrected chi connectivity index (χ2v) is 10.7. The lowest BCUT2D eigenvalue weighted by Gasteiger charge is -2.35. The fourth-order valence-corrected chi connectivity index (χ4v) is 4.92. The van der Waals surface area contributed by atoms with Gasteiger partial charge >= 0.3 is 6.09 Å². The number of nitrogens with two attached hydrogens (primary N) is 1. The van der Waals surface area contributed by atoms with E-state index in [9.17, 15) is 4.79 Å². The molecule has 1 aromatic heterocycles. The molecule has 2 aliphatic rings. The van der Waals surface area contributed by atoms with Crippen molar-refractivity contribution < 1.29 is 19.1 Å². The van der Waals surface area contributed by atoms with Gasteiger partial charge in [0.05, 0.1) is 17.5 Å². The summed E-state index contributed by atoms with van der Waals surface area (Å²) in [5.74, 6) is 1.20. The number of aromatic nitrogens is 2. The van der Waals surface area contributed by atoms with Crippen LogP contribution in [0.5, 0.6) is 5.75 Å². The van der Waals surface area contributed by atoms with Crippen LogP contribution in [0.2, 0.25) is 0 Å². The number of hydrogen-bond donors (Lipinski definition) is 2. The van der Waals surface area contributed by atoms with Crippen molar-refractivity contribution in [2.75, 3.05) is 12.8 Å². The van der Waals surface area contributed by atoms with Crippen LogP contribution in [0.1, 0.15) is 71.4 Å². The van der Waals surface area contributed by atoms with E-state index in [0.29, 0.717) is 5.82 Å². The first-order valence-corrected chi connectivity index (χ1v) is 12.0. The second-order valence-electron chi connectivity index (χ2n) is 10.7. The maximum absolute atomic E-state index is 12.1. The Morgan fingerprint density at radius 3 is 2.51 bits per heavy atom. The second kappa shape index (κ2) is 9.36. The van der Waals surface area contributed by atoms with Crippen LogP contribution >= 0.6 is 0 Å². The monoisotopic (exact) mass is 481 g/mol. The summed E-state index contributed by atoms with van der Waals surface area (Å²) >= 11 is 0. The van der Waals surface area contributed by atoms with Crippen molar-refractivity contribution in [2.45, 2.75) is 83.5 Å². The fraction of sp³-hybridized carbons (Fsp3) is 0.538. The van der Waals surface area contributed by atoms with Crippen LogP contribution in [0.15, 0.2) is 29.7 Å². The number of amides is 1. The minimum absolute atomic E-state index is 0.0643. The fourth-order valence-electron chi connectivity index (χ4n) is 4.92. The molecule has 188 valence electrons. The normalized spacial score (nSPS) is 22.1. The van der Waals surface area contributed by atoms with Crippen molar-refractivity contribution in [3.05, 3.63) is 35.7 Å². The van der Waals surface area contributed by atoms with Gasteiger partial charge in [0.25, 0.3) is 0 Å². The van der Waals surface area contributed by atoms with Crippen molar-refractivity contribution in [3.8, 4) is 17.0 Å². The van der Waals surface area contributed by atoms with Crippen LogP contribution in [0.3, 0.4) is 0 Å². The molecule has 0 saturated heterocycles. The van der Waals surface area contributed by atoms with Gasteiger partial charge in [-0.1, -0.05) is 5.16 Å². The van der Waals surface area contributed by atoms with Crippen LogP contribution in [-0.4, -0.2) is 46.6 Å². The maximum atomic E-state index is 12.1. The summed E-state index contributed by atoms with van der Waals surface area (Å²) in [7, 11) is 1.53. The third-order valence-corrected chi connectivity index (χ3v) is 6.48. The van der Waals surface area contributed by atoms with Crippen molar-refractivity contribution in [1.82, 2.24) is 15.3 Å². The molecule has 0 bridgehead atoms. The first-order valence-electron chi connectivity index (χ1n) is 12.0. The van der Waals surface area contributed by atoms with Gasteiger partial charge in [-0.25, -0.2) is 14.8 Å². The van der Waals surface area contributed by atoms with E-state index >= 15 is 0 Å². The summed E-state index contributed by atoms with van der Waals surface area (Å²) in [5, 5.41) is 7.34. The molecule has 1 fully saturated rings. The predicted octanol–water partition coefficient (Wildman–Crippen LogP) is 4.58. The maximum Gasteiger partial charge on any atom is 0.407 e. The van der Waals surface area contributed by atoms with Gasteiger partial charge in [-0.2, -0.15) is 0 Å². The van der Waals surface area contributed by atoms with Gasteiger partial charge in [-0.05, 0) is 78.5 Å². The number of rotatable bonds is 4. The first-order chi connectivity index (χ1) is 16.5. The zero-order valence-corrected chi connectivity index (χ0v) is 21.3. The molecule has 2 aliphatic carbocycles. The van der Waals surface area contributed by atoms with E-state index in [0.717, 1.165) is 59.5 Å². The number of hydrogen-bond acceptors (Lipinski definition) is 8. The largest absolute Gasteiger partial charge is 0.490 e. The lowest BCUT2D eigenvalue weighted by molar-refractivity contribution is 0.0471. The molecule has 0 atom stereocenters. The van der Waals surface area contributed by atoms with Gasteiger partial charge in [0.15, 0.2) is 0 Å². The molecule has 9 nitrogen and oxygen atoms in total. The number of alkyl carbamates (subject to hydrolysis) is 1. The van der Waals surface area contributed by atoms with Crippen LogP contribution in [0.25, 0.3) is 11.3 Å². The number of nitrogen functional groups attached to an aromatic ring is 1. The number of carbonyl (C=O) groups excluding carboxylic acids is 1. The Hall–Kier alpha value is -3.36. The Morgan fingerprint density at radius 2 is 1.86 bits per heavy atom. The zero-order chi connectivity index (χ0) is 25.4. The Labute approximate surface area is 206 Å². The molecule has 35 heavy (non-hydrogen) atoms. The summed E-state index contributed by atoms with van der Waals surface area (Å²) < 4.78 is 11.7. The molecule has 1 amide bonds. The molecule has 0 aliphatic heterocycles. The highest BCUT2D eigenvalue weighted by atomic mass is 16.6. The molecular weight excluding hydrogens is 446 g/mol. The molecule has 0 unspecified atom stereocenters. The number of nitrogens with one attached hydrogen (secondary N) is 1. The Morgan fingerprint density at radius 1 is 1.14 bits per heavy atom. The van der Waals surface area contributed by atoms with Gasteiger partial charge in [-0.3, -0.25) is 0 Å². The number of fused-ring (bicyclic) bond motifs is 3.